The predicted molar refractivity (Wildman–Crippen MR) is 116 cm³/mol. The molecule has 7 heteroatoms. The van der Waals surface area contributed by atoms with Gasteiger partial charge in [0.2, 0.25) is 0 Å². The van der Waals surface area contributed by atoms with Crippen LogP contribution < -0.4 is 10.2 Å². The van der Waals surface area contributed by atoms with Crippen molar-refractivity contribution in [2.24, 2.45) is 5.92 Å². The zero-order valence-corrected chi connectivity index (χ0v) is 17.8. The van der Waals surface area contributed by atoms with Gasteiger partial charge in [-0.3, -0.25) is 9.59 Å². The number of esters is 1. The number of aryl methyl sites for hydroxylation is 1. The first-order chi connectivity index (χ1) is 14.4. The SMILES string of the molecule is CC(C)[C@H](NC(=O)c1ccccc1Cl)C(=O)OCC(=O)N1CCCc2ccccc21. The first-order valence-corrected chi connectivity index (χ1v) is 10.4. The Hall–Kier alpha value is -2.86. The van der Waals surface area contributed by atoms with Gasteiger partial charge in [0.05, 0.1) is 10.6 Å². The van der Waals surface area contributed by atoms with Crippen LogP contribution in [0.3, 0.4) is 0 Å². The molecule has 0 unspecified atom stereocenters. The van der Waals surface area contributed by atoms with Gasteiger partial charge in [0, 0.05) is 12.2 Å². The van der Waals surface area contributed by atoms with E-state index < -0.39 is 17.9 Å². The zero-order valence-electron chi connectivity index (χ0n) is 17.1. The van der Waals surface area contributed by atoms with Crippen LogP contribution in [0.2, 0.25) is 5.02 Å². The molecule has 6 nitrogen and oxygen atoms in total. The highest BCUT2D eigenvalue weighted by atomic mass is 35.5. The lowest BCUT2D eigenvalue weighted by Gasteiger charge is -2.29. The summed E-state index contributed by atoms with van der Waals surface area (Å²) in [5, 5.41) is 2.97. The number of hydrogen-bond donors (Lipinski definition) is 1. The van der Waals surface area contributed by atoms with Gasteiger partial charge in [-0.1, -0.05) is 55.8 Å². The fourth-order valence-corrected chi connectivity index (χ4v) is 3.68. The molecular weight excluding hydrogens is 404 g/mol. The van der Waals surface area contributed by atoms with Gasteiger partial charge in [-0.15, -0.1) is 0 Å². The first kappa shape index (κ1) is 21.8. The van der Waals surface area contributed by atoms with Gasteiger partial charge in [0.25, 0.3) is 11.8 Å². The number of carbonyl (C=O) groups excluding carboxylic acids is 3. The largest absolute Gasteiger partial charge is 0.454 e. The number of fused-ring (bicyclic) bond motifs is 1. The van der Waals surface area contributed by atoms with Crippen molar-refractivity contribution in [2.45, 2.75) is 32.7 Å². The minimum Gasteiger partial charge on any atom is -0.454 e. The van der Waals surface area contributed by atoms with Crippen LogP contribution >= 0.6 is 11.6 Å². The van der Waals surface area contributed by atoms with Gasteiger partial charge in [-0.2, -0.15) is 0 Å². The molecule has 0 spiro atoms. The Morgan fingerprint density at radius 1 is 1.10 bits per heavy atom. The Labute approximate surface area is 181 Å². The van der Waals surface area contributed by atoms with Crippen LogP contribution in [0.1, 0.15) is 36.2 Å². The molecule has 0 saturated carbocycles. The van der Waals surface area contributed by atoms with E-state index in [0.717, 1.165) is 24.1 Å². The molecule has 0 aliphatic carbocycles. The molecule has 1 atom stereocenters. The van der Waals surface area contributed by atoms with Gasteiger partial charge in [0.1, 0.15) is 6.04 Å². The molecule has 2 aromatic carbocycles. The minimum absolute atomic E-state index is 0.227. The second-order valence-corrected chi connectivity index (χ2v) is 7.97. The number of nitrogens with zero attached hydrogens (tertiary/aromatic N) is 1. The molecule has 3 rings (SSSR count). The molecule has 0 bridgehead atoms. The van der Waals surface area contributed by atoms with Crippen LogP contribution in [0, 0.1) is 5.92 Å². The molecule has 158 valence electrons. The number of para-hydroxylation sites is 1. The number of amides is 2. The summed E-state index contributed by atoms with van der Waals surface area (Å²) in [6, 6.07) is 13.4. The number of halogens is 1. The summed E-state index contributed by atoms with van der Waals surface area (Å²) in [5.41, 5.74) is 2.24. The molecular formula is C23H25ClN2O4. The molecule has 1 N–H and O–H groups in total. The Balaban J connectivity index is 1.63. The molecule has 0 saturated heterocycles. The predicted octanol–water partition coefficient (Wildman–Crippen LogP) is 3.62. The number of hydrogen-bond acceptors (Lipinski definition) is 4. The second kappa shape index (κ2) is 9.76. The Morgan fingerprint density at radius 2 is 1.80 bits per heavy atom. The van der Waals surface area contributed by atoms with Crippen LogP contribution in [0.15, 0.2) is 48.5 Å². The van der Waals surface area contributed by atoms with Crippen LogP contribution in [0.25, 0.3) is 0 Å². The third-order valence-corrected chi connectivity index (χ3v) is 5.40. The van der Waals surface area contributed by atoms with Gasteiger partial charge < -0.3 is 15.0 Å². The summed E-state index contributed by atoms with van der Waals surface area (Å²) in [6.45, 7) is 3.80. The Morgan fingerprint density at radius 3 is 2.53 bits per heavy atom. The number of rotatable bonds is 6. The van der Waals surface area contributed by atoms with E-state index in [1.165, 1.54) is 0 Å². The van der Waals surface area contributed by atoms with Gasteiger partial charge in [-0.25, -0.2) is 4.79 Å². The van der Waals surface area contributed by atoms with Crippen molar-refractivity contribution in [3.8, 4) is 0 Å². The van der Waals surface area contributed by atoms with Crippen molar-refractivity contribution in [3.63, 3.8) is 0 Å². The number of anilines is 1. The van der Waals surface area contributed by atoms with Crippen molar-refractivity contribution in [2.75, 3.05) is 18.1 Å². The molecule has 30 heavy (non-hydrogen) atoms. The van der Waals surface area contributed by atoms with Gasteiger partial charge in [-0.05, 0) is 42.5 Å². The third-order valence-electron chi connectivity index (χ3n) is 5.07. The van der Waals surface area contributed by atoms with Crippen LogP contribution in [0.4, 0.5) is 5.69 Å². The average molecular weight is 429 g/mol. The molecule has 0 fully saturated rings. The normalized spacial score (nSPS) is 14.1. The van der Waals surface area contributed by atoms with Crippen LogP contribution in [0.5, 0.6) is 0 Å². The fourth-order valence-electron chi connectivity index (χ4n) is 3.46. The lowest BCUT2D eigenvalue weighted by Crippen LogP contribution is -2.46. The van der Waals surface area contributed by atoms with Crippen molar-refractivity contribution in [3.05, 3.63) is 64.7 Å². The highest BCUT2D eigenvalue weighted by Gasteiger charge is 2.29. The van der Waals surface area contributed by atoms with Crippen LogP contribution in [-0.2, 0) is 20.7 Å². The summed E-state index contributed by atoms with van der Waals surface area (Å²) in [6.07, 6.45) is 1.78. The average Bonchev–Trinajstić information content (AvgIpc) is 2.75. The highest BCUT2D eigenvalue weighted by Crippen LogP contribution is 2.26. The third kappa shape index (κ3) is 5.00. The highest BCUT2D eigenvalue weighted by molar-refractivity contribution is 6.33. The van der Waals surface area contributed by atoms with Crippen molar-refractivity contribution >= 4 is 35.1 Å². The van der Waals surface area contributed by atoms with E-state index in [2.05, 4.69) is 5.32 Å². The smallest absolute Gasteiger partial charge is 0.329 e. The maximum atomic E-state index is 12.7. The van der Waals surface area contributed by atoms with E-state index in [0.29, 0.717) is 11.6 Å². The van der Waals surface area contributed by atoms with E-state index in [4.69, 9.17) is 16.3 Å². The molecule has 1 aliphatic heterocycles. The summed E-state index contributed by atoms with van der Waals surface area (Å²) < 4.78 is 5.28. The monoisotopic (exact) mass is 428 g/mol. The maximum Gasteiger partial charge on any atom is 0.329 e. The standard InChI is InChI=1S/C23H25ClN2O4/c1-15(2)21(25-22(28)17-10-4-5-11-18(17)24)23(29)30-14-20(27)26-13-7-9-16-8-3-6-12-19(16)26/h3-6,8,10-12,15,21H,7,9,13-14H2,1-2H3,(H,25,28)/t21-/m0/s1. The lowest BCUT2D eigenvalue weighted by atomic mass is 10.0. The van der Waals surface area contributed by atoms with E-state index in [-0.39, 0.29) is 24.0 Å². The summed E-state index contributed by atoms with van der Waals surface area (Å²) >= 11 is 6.06. The van der Waals surface area contributed by atoms with E-state index in [1.807, 2.05) is 24.3 Å². The summed E-state index contributed by atoms with van der Waals surface area (Å²) in [5.74, 6) is -1.62. The van der Waals surface area contributed by atoms with Crippen LogP contribution in [-0.4, -0.2) is 37.0 Å². The number of carbonyl (C=O) groups is 3. The van der Waals surface area contributed by atoms with Crippen molar-refractivity contribution in [1.82, 2.24) is 5.32 Å². The molecule has 0 radical (unpaired) electrons. The molecule has 2 amide bonds. The minimum atomic E-state index is -0.893. The van der Waals surface area contributed by atoms with E-state index in [9.17, 15) is 14.4 Å². The number of benzene rings is 2. The van der Waals surface area contributed by atoms with E-state index >= 15 is 0 Å². The Kier molecular flexibility index (Phi) is 7.11. The number of ether oxygens (including phenoxy) is 1. The first-order valence-electron chi connectivity index (χ1n) is 9.98. The topological polar surface area (TPSA) is 75.7 Å². The lowest BCUT2D eigenvalue weighted by molar-refractivity contribution is -0.150. The second-order valence-electron chi connectivity index (χ2n) is 7.56. The summed E-state index contributed by atoms with van der Waals surface area (Å²) in [4.78, 5) is 39.5. The van der Waals surface area contributed by atoms with E-state index in [1.54, 1.807) is 43.0 Å². The summed E-state index contributed by atoms with van der Waals surface area (Å²) in [7, 11) is 0. The zero-order chi connectivity index (χ0) is 21.7. The van der Waals surface area contributed by atoms with Gasteiger partial charge in [0.15, 0.2) is 6.61 Å². The fraction of sp³-hybridized carbons (Fsp3) is 0.348. The van der Waals surface area contributed by atoms with Crippen molar-refractivity contribution < 1.29 is 19.1 Å². The maximum absolute atomic E-state index is 12.7. The van der Waals surface area contributed by atoms with Crippen molar-refractivity contribution in [1.29, 1.82) is 0 Å². The molecule has 1 aliphatic rings. The quantitative estimate of drug-likeness (QED) is 0.713. The van der Waals surface area contributed by atoms with Gasteiger partial charge >= 0.3 is 5.97 Å². The molecule has 0 aromatic heterocycles. The molecule has 2 aromatic rings. The molecule has 1 heterocycles. The number of nitrogens with one attached hydrogen (secondary N) is 1. The Bertz CT molecular complexity index is 944.